The summed E-state index contributed by atoms with van der Waals surface area (Å²) >= 11 is 0. The molecule has 13 rings (SSSR count). The number of aliphatic carboxylic acids is 2. The van der Waals surface area contributed by atoms with Crippen molar-refractivity contribution >= 4 is 94.7 Å². The predicted molar refractivity (Wildman–Crippen MR) is 505 cm³/mol. The van der Waals surface area contributed by atoms with Gasteiger partial charge < -0.3 is 158 Å². The number of hydrogen-bond acceptors (Lipinski definition) is 34. The van der Waals surface area contributed by atoms with Crippen LogP contribution in [0.4, 0.5) is 26.7 Å². The van der Waals surface area contributed by atoms with Crippen molar-refractivity contribution in [1.82, 2.24) is 31.1 Å². The van der Waals surface area contributed by atoms with Crippen LogP contribution in [0.5, 0.6) is 34.5 Å². The Morgan fingerprint density at radius 1 is 0.424 bits per heavy atom. The van der Waals surface area contributed by atoms with Crippen LogP contribution >= 0.6 is 0 Å². The number of benzene rings is 6. The maximum Gasteiger partial charge on any atom is 0.416 e. The lowest BCUT2D eigenvalue weighted by Crippen LogP contribution is -2.61. The minimum atomic E-state index is -2.09. The van der Waals surface area contributed by atoms with Gasteiger partial charge in [-0.2, -0.15) is 0 Å². The Hall–Kier alpha value is -13.5. The first-order valence-corrected chi connectivity index (χ1v) is 46.8. The van der Waals surface area contributed by atoms with E-state index in [4.69, 9.17) is 71.1 Å². The molecule has 45 nitrogen and oxygen atoms in total. The van der Waals surface area contributed by atoms with Gasteiger partial charge in [-0.1, -0.05) is 91.1 Å². The van der Waals surface area contributed by atoms with Crippen LogP contribution in [-0.2, 0) is 86.4 Å². The Labute approximate surface area is 826 Å². The van der Waals surface area contributed by atoms with Crippen LogP contribution in [0.15, 0.2) is 133 Å². The number of hydrogen-bond donors (Lipinski definition) is 14. The molecule has 0 aliphatic carbocycles. The molecule has 9 amide bonds. The first-order valence-electron chi connectivity index (χ1n) is 46.8. The molecular weight excluding hydrogens is 1890 g/mol. The van der Waals surface area contributed by atoms with E-state index in [1.54, 1.807) is 4.90 Å². The van der Waals surface area contributed by atoms with Crippen LogP contribution in [0.25, 0.3) is 12.2 Å². The van der Waals surface area contributed by atoms with E-state index in [2.05, 4.69) is 34.4 Å². The molecule has 3 unspecified atom stereocenters. The average Bonchev–Trinajstić information content (AvgIpc) is 1.61. The highest BCUT2D eigenvalue weighted by Crippen LogP contribution is 2.46. The second-order valence-corrected chi connectivity index (χ2v) is 34.6. The summed E-state index contributed by atoms with van der Waals surface area (Å²) in [6.07, 6.45) is -20.5. The van der Waals surface area contributed by atoms with E-state index in [0.717, 1.165) is 32.2 Å². The molecule has 0 bridgehead atoms. The third-order valence-corrected chi connectivity index (χ3v) is 24.6. The molecule has 7 aliphatic heterocycles. The van der Waals surface area contributed by atoms with Crippen LogP contribution in [0.2, 0.25) is 0 Å². The summed E-state index contributed by atoms with van der Waals surface area (Å²) in [6, 6.07) is 26.5. The molecule has 45 heteroatoms. The van der Waals surface area contributed by atoms with Crippen molar-refractivity contribution in [3.05, 3.63) is 184 Å². The number of carboxylic acid groups (broad SMARTS) is 2. The molecule has 4 fully saturated rings. The Morgan fingerprint density at radius 2 is 0.861 bits per heavy atom. The van der Waals surface area contributed by atoms with Gasteiger partial charge in [0.1, 0.15) is 61.3 Å². The molecule has 0 aromatic heterocycles. The van der Waals surface area contributed by atoms with Crippen LogP contribution in [0.1, 0.15) is 127 Å². The number of amides is 9. The SMILES string of the molecule is C=C1CC2C(O)N(C(=O)OCc3ccc(O[C@@H]4O[C@H](C(=O)O)[C@@H](O)[C@H](O)[C@H]4O)c(C(=O)NCCOC)c3)c3cc(OCCCCCOc4cc5c(cc4OC)C(=O)N4CC(=C)C[C@H]4C(O)N5C(=O)OCc4ccc(O[C@@H]5O[C@H](C(=O)O)[C@@H](O)[C@H](O)[C@H]5O)c(C(=O)NCCCNC(=O)CCOCCOCCOCCOCCC(=O)NCCC(=O)N5Cc6ccccc6/C=C\c6ccccc65)c4)c(OC)cc3C(=O)N2C1. The summed E-state index contributed by atoms with van der Waals surface area (Å²) in [4.78, 5) is 156. The fraction of sp³-hybridized carbons (Fsp3) is 0.465. The van der Waals surface area contributed by atoms with Crippen LogP contribution in [0.3, 0.4) is 0 Å². The van der Waals surface area contributed by atoms with Crippen molar-refractivity contribution in [1.29, 1.82) is 0 Å². The van der Waals surface area contributed by atoms with Gasteiger partial charge in [0.2, 0.25) is 30.3 Å². The Balaban J connectivity index is 0.576. The molecule has 776 valence electrons. The van der Waals surface area contributed by atoms with Gasteiger partial charge >= 0.3 is 24.1 Å². The third kappa shape index (κ3) is 26.7. The number of rotatable bonds is 47. The summed E-state index contributed by atoms with van der Waals surface area (Å²) in [5.41, 5.74) is 4.16. The first kappa shape index (κ1) is 108. The lowest BCUT2D eigenvalue weighted by molar-refractivity contribution is -0.271. The van der Waals surface area contributed by atoms with Crippen molar-refractivity contribution in [2.75, 3.05) is 148 Å². The van der Waals surface area contributed by atoms with Gasteiger partial charge in [-0.15, -0.1) is 0 Å². The highest BCUT2D eigenvalue weighted by molar-refractivity contribution is 6.08. The number of carbonyl (C=O) groups excluding carboxylic acids is 9. The van der Waals surface area contributed by atoms with E-state index >= 15 is 0 Å². The number of fused-ring (bicyclic) bond motifs is 6. The number of nitrogens with zero attached hydrogens (tertiary/aromatic N) is 5. The standard InChI is InChI=1S/C99H119N9O36/c1-55-42-69-92(122)107(98(128)139-53-57-18-22-71(141-96-84(116)80(112)82(114)86(143-96)94(124)125)64(44-57)88(118)102-28-13-27-100-77(109)25-33-133-36-38-135-40-41-136-39-37-134-34-26-78(110)101-29-24-79(111)104-52-61-16-8-7-14-59(61)20-21-60-15-9-10-17-66(60)104)67-48-75(73(131-4)46-62(67)90(120)105(69)50-55)137-31-11-6-12-32-138-76-49-68-63(47-74(76)132-5)91(121)106-51-56(2)43-70(106)93(123)108(68)99(129)140-54-58-19-23-72(65(45-58)89(119)103-30-35-130-3)142-97-85(117)81(113)83(115)87(144-97)95(126)127/h7-10,14-23,44-49,69-70,80-87,92-93,96-97,112-117,122-123H,1-2,6,11-13,24-43,50-54H2,3-5H3,(H,100,109)(H,101,110)(H,102,118)(H,103,119)(H,124,125)(H,126,127)/b21-20-/t69-,70?,80-,81-,82-,83-,84+,85+,86-,87-,92?,93?,96+,97+/m0/s1. The number of methoxy groups -OCH3 is 3. The number of ether oxygens (including phenoxy) is 15. The van der Waals surface area contributed by atoms with Crippen molar-refractivity contribution in [2.45, 2.75) is 163 Å². The van der Waals surface area contributed by atoms with Crippen molar-refractivity contribution in [3.8, 4) is 34.5 Å². The largest absolute Gasteiger partial charge is 0.493 e. The molecule has 6 aromatic carbocycles. The number of anilines is 3. The van der Waals surface area contributed by atoms with Gasteiger partial charge in [-0.25, -0.2) is 29.0 Å². The van der Waals surface area contributed by atoms with Gasteiger partial charge in [-0.3, -0.25) is 33.6 Å². The molecule has 4 saturated heterocycles. The fourth-order valence-corrected chi connectivity index (χ4v) is 17.0. The minimum Gasteiger partial charge on any atom is -0.493 e. The number of aliphatic hydroxyl groups excluding tert-OH is 8. The number of nitrogens with one attached hydrogen (secondary N) is 4. The number of aliphatic hydroxyl groups is 8. The van der Waals surface area contributed by atoms with Crippen molar-refractivity contribution < 1.29 is 175 Å². The highest BCUT2D eigenvalue weighted by atomic mass is 16.7. The summed E-state index contributed by atoms with van der Waals surface area (Å²) in [5.74, 6) is -7.36. The van der Waals surface area contributed by atoms with E-state index in [9.17, 15) is 104 Å². The quantitative estimate of drug-likeness (QED) is 0.0193. The predicted octanol–water partition coefficient (Wildman–Crippen LogP) is 3.05. The van der Waals surface area contributed by atoms with E-state index in [0.29, 0.717) is 37.0 Å². The van der Waals surface area contributed by atoms with Gasteiger partial charge in [0, 0.05) is 77.8 Å². The Kier molecular flexibility index (Phi) is 38.3. The summed E-state index contributed by atoms with van der Waals surface area (Å²) in [5, 5.41) is 118. The number of carboxylic acids is 2. The van der Waals surface area contributed by atoms with Gasteiger partial charge in [0.25, 0.3) is 23.6 Å². The van der Waals surface area contributed by atoms with Crippen LogP contribution < -0.4 is 64.4 Å². The zero-order valence-corrected chi connectivity index (χ0v) is 79.4. The second kappa shape index (κ2) is 51.1. The van der Waals surface area contributed by atoms with Gasteiger partial charge in [-0.05, 0) is 109 Å². The fourth-order valence-electron chi connectivity index (χ4n) is 17.0. The molecule has 7 heterocycles. The summed E-state index contributed by atoms with van der Waals surface area (Å²) in [7, 11) is 4.06. The van der Waals surface area contributed by atoms with Crippen LogP contribution in [0, 0.1) is 0 Å². The Bertz CT molecular complexity index is 5650. The van der Waals surface area contributed by atoms with Gasteiger partial charge in [0.05, 0.1) is 145 Å². The monoisotopic (exact) mass is 2010 g/mol. The third-order valence-electron chi connectivity index (χ3n) is 24.6. The summed E-state index contributed by atoms with van der Waals surface area (Å²) in [6.45, 7) is 9.18. The van der Waals surface area contributed by atoms with E-state index in [1.807, 2.05) is 60.7 Å². The van der Waals surface area contributed by atoms with E-state index in [-0.39, 0.29) is 247 Å². The first-order chi connectivity index (χ1) is 69.4. The molecule has 7 aliphatic rings. The molecule has 14 atom stereocenters. The molecule has 0 saturated carbocycles. The molecule has 0 radical (unpaired) electrons. The normalized spacial score (nSPS) is 22.3. The lowest BCUT2D eigenvalue weighted by atomic mass is 9.99. The Morgan fingerprint density at radius 3 is 1.33 bits per heavy atom. The van der Waals surface area contributed by atoms with Gasteiger partial charge in [0.15, 0.2) is 47.7 Å². The maximum absolute atomic E-state index is 14.8. The molecule has 0 spiro atoms. The van der Waals surface area contributed by atoms with E-state index in [1.165, 1.54) is 91.8 Å². The summed E-state index contributed by atoms with van der Waals surface area (Å²) < 4.78 is 85.4. The number of unbranched alkanes of at least 4 members (excludes halogenated alkanes) is 2. The van der Waals surface area contributed by atoms with Crippen LogP contribution in [-0.4, -0.2) is 346 Å². The topological polar surface area (TPSA) is 593 Å². The minimum absolute atomic E-state index is 0.00212. The number of para-hydroxylation sites is 1. The maximum atomic E-state index is 14.8. The number of carbonyl (C=O) groups is 11. The van der Waals surface area contributed by atoms with Crippen molar-refractivity contribution in [2.24, 2.45) is 0 Å². The molecular formula is C99H119N9O36. The lowest BCUT2D eigenvalue weighted by Gasteiger charge is -2.38. The highest BCUT2D eigenvalue weighted by Gasteiger charge is 2.52. The zero-order valence-electron chi connectivity index (χ0n) is 79.4. The zero-order chi connectivity index (χ0) is 103. The molecule has 6 aromatic rings. The second-order valence-electron chi connectivity index (χ2n) is 34.6. The molecule has 144 heavy (non-hydrogen) atoms. The van der Waals surface area contributed by atoms with Crippen molar-refractivity contribution in [3.63, 3.8) is 0 Å². The molecule has 14 N–H and O–H groups in total. The average molecular weight is 2010 g/mol. The van der Waals surface area contributed by atoms with E-state index < -0.39 is 147 Å². The smallest absolute Gasteiger partial charge is 0.416 e.